The number of piperazine rings is 1. The number of carbonyl (C=O) groups is 1. The van der Waals surface area contributed by atoms with Crippen molar-refractivity contribution in [3.63, 3.8) is 0 Å². The first-order chi connectivity index (χ1) is 12.4. The van der Waals surface area contributed by atoms with Crippen LogP contribution in [0.4, 0.5) is 5.82 Å². The molecule has 1 aliphatic rings. The summed E-state index contributed by atoms with van der Waals surface area (Å²) in [5.41, 5.74) is 0.680. The monoisotopic (exact) mass is 361 g/mol. The zero-order valence-corrected chi connectivity index (χ0v) is 15.0. The molecule has 2 aromatic rings. The molecule has 1 saturated heterocycles. The van der Waals surface area contributed by atoms with Crippen molar-refractivity contribution in [3.05, 3.63) is 46.0 Å². The van der Waals surface area contributed by atoms with Crippen LogP contribution in [0.5, 0.6) is 0 Å². The van der Waals surface area contributed by atoms with Crippen molar-refractivity contribution in [2.24, 2.45) is 5.92 Å². The maximum Gasteiger partial charge on any atom is 0.390 e. The van der Waals surface area contributed by atoms with Gasteiger partial charge >= 0.3 is 5.82 Å². The highest BCUT2D eigenvalue weighted by molar-refractivity contribution is 5.78. The van der Waals surface area contributed by atoms with Gasteiger partial charge in [0.15, 0.2) is 0 Å². The molecule has 0 spiro atoms. The Labute approximate surface area is 151 Å². The molecule has 1 unspecified atom stereocenters. The summed E-state index contributed by atoms with van der Waals surface area (Å²) in [5, 5.41) is 14.8. The second kappa shape index (κ2) is 7.69. The average molecular weight is 361 g/mol. The van der Waals surface area contributed by atoms with Crippen molar-refractivity contribution in [3.8, 4) is 0 Å². The minimum absolute atomic E-state index is 0.0557. The Kier molecular flexibility index (Phi) is 5.36. The van der Waals surface area contributed by atoms with E-state index in [1.165, 1.54) is 10.7 Å². The summed E-state index contributed by atoms with van der Waals surface area (Å²) in [6.07, 6.45) is 1.67. The van der Waals surface area contributed by atoms with Crippen LogP contribution in [0.1, 0.15) is 18.4 Å². The van der Waals surface area contributed by atoms with Crippen molar-refractivity contribution in [1.29, 1.82) is 0 Å². The molecule has 0 saturated carbocycles. The van der Waals surface area contributed by atoms with Gasteiger partial charge in [-0.25, -0.2) is 0 Å². The lowest BCUT2D eigenvalue weighted by Crippen LogP contribution is -2.50. The van der Waals surface area contributed by atoms with Crippen molar-refractivity contribution in [2.45, 2.75) is 26.9 Å². The van der Waals surface area contributed by atoms with Gasteiger partial charge in [-0.3, -0.25) is 9.69 Å². The van der Waals surface area contributed by atoms with Crippen LogP contribution in [0.25, 0.3) is 0 Å². The number of rotatable bonds is 6. The molecule has 3 rings (SSSR count). The molecule has 0 bridgehead atoms. The van der Waals surface area contributed by atoms with E-state index in [2.05, 4.69) is 10.00 Å². The Morgan fingerprint density at radius 1 is 1.38 bits per heavy atom. The molecule has 1 aliphatic heterocycles. The maximum absolute atomic E-state index is 12.7. The molecule has 1 atom stereocenters. The lowest BCUT2D eigenvalue weighted by molar-refractivity contribution is -0.389. The second-order valence-electron chi connectivity index (χ2n) is 6.66. The minimum Gasteiger partial charge on any atom is -0.468 e. The van der Waals surface area contributed by atoms with Crippen LogP contribution in [0.2, 0.25) is 0 Å². The summed E-state index contributed by atoms with van der Waals surface area (Å²) in [4.78, 5) is 27.1. The van der Waals surface area contributed by atoms with Gasteiger partial charge in [0.2, 0.25) is 5.91 Å². The van der Waals surface area contributed by atoms with Gasteiger partial charge in [0.05, 0.1) is 42.1 Å². The van der Waals surface area contributed by atoms with Gasteiger partial charge in [-0.05, 0) is 24.0 Å². The van der Waals surface area contributed by atoms with E-state index in [4.69, 9.17) is 4.42 Å². The van der Waals surface area contributed by atoms with Crippen LogP contribution in [-0.4, -0.2) is 56.6 Å². The lowest BCUT2D eigenvalue weighted by atomic mass is 10.1. The van der Waals surface area contributed by atoms with Crippen LogP contribution in [0, 0.1) is 23.0 Å². The highest BCUT2D eigenvalue weighted by atomic mass is 16.6. The van der Waals surface area contributed by atoms with Gasteiger partial charge in [0, 0.05) is 26.2 Å². The van der Waals surface area contributed by atoms with Crippen LogP contribution in [-0.2, 0) is 17.9 Å². The van der Waals surface area contributed by atoms with Crippen LogP contribution < -0.4 is 0 Å². The van der Waals surface area contributed by atoms with E-state index in [9.17, 15) is 14.9 Å². The van der Waals surface area contributed by atoms with E-state index in [0.29, 0.717) is 25.3 Å². The Hall–Kier alpha value is -2.68. The highest BCUT2D eigenvalue weighted by Crippen LogP contribution is 2.15. The second-order valence-corrected chi connectivity index (χ2v) is 6.66. The summed E-state index contributed by atoms with van der Waals surface area (Å²) in [6.45, 7) is 7.61. The molecule has 0 aliphatic carbocycles. The fourth-order valence-corrected chi connectivity index (χ4v) is 3.17. The molecule has 1 fully saturated rings. The Morgan fingerprint density at radius 2 is 2.12 bits per heavy atom. The SMILES string of the molecule is Cc1cc([N+](=O)[O-])nn1CC(C)C(=O)N1CCN(Cc2ccco2)CC1. The number of amides is 1. The quantitative estimate of drug-likeness (QED) is 0.573. The zero-order valence-electron chi connectivity index (χ0n) is 15.0. The molecule has 9 heteroatoms. The molecular formula is C17H23N5O4. The van der Waals surface area contributed by atoms with Gasteiger partial charge in [-0.1, -0.05) is 6.92 Å². The lowest BCUT2D eigenvalue weighted by Gasteiger charge is -2.35. The number of hydrogen-bond acceptors (Lipinski definition) is 6. The first-order valence-corrected chi connectivity index (χ1v) is 8.66. The number of carbonyl (C=O) groups excluding carboxylic acids is 1. The number of aryl methyl sites for hydroxylation is 1. The molecule has 0 aromatic carbocycles. The minimum atomic E-state index is -0.520. The summed E-state index contributed by atoms with van der Waals surface area (Å²) >= 11 is 0. The van der Waals surface area contributed by atoms with Gasteiger partial charge in [-0.15, -0.1) is 0 Å². The van der Waals surface area contributed by atoms with Crippen molar-refractivity contribution < 1.29 is 14.1 Å². The van der Waals surface area contributed by atoms with Crippen LogP contribution in [0.15, 0.2) is 28.9 Å². The molecule has 26 heavy (non-hydrogen) atoms. The van der Waals surface area contributed by atoms with Gasteiger partial charge < -0.3 is 19.4 Å². The fraction of sp³-hybridized carbons (Fsp3) is 0.529. The predicted molar refractivity (Wildman–Crippen MR) is 93.3 cm³/mol. The first-order valence-electron chi connectivity index (χ1n) is 8.66. The average Bonchev–Trinajstić information content (AvgIpc) is 3.25. The number of nitro groups is 1. The standard InChI is InChI=1S/C17H23N5O4/c1-13(11-21-14(2)10-16(18-21)22(24)25)17(23)20-7-5-19(6-8-20)12-15-4-3-9-26-15/h3-4,9-10,13H,5-8,11-12H2,1-2H3. The van der Waals surface area contributed by atoms with Gasteiger partial charge in [0.25, 0.3) is 0 Å². The van der Waals surface area contributed by atoms with E-state index in [-0.39, 0.29) is 17.6 Å². The third-order valence-corrected chi connectivity index (χ3v) is 4.67. The summed E-state index contributed by atoms with van der Waals surface area (Å²) < 4.78 is 6.90. The van der Waals surface area contributed by atoms with Gasteiger partial charge in [-0.2, -0.15) is 4.68 Å². The Morgan fingerprint density at radius 3 is 2.69 bits per heavy atom. The third kappa shape index (κ3) is 4.10. The third-order valence-electron chi connectivity index (χ3n) is 4.67. The van der Waals surface area contributed by atoms with E-state index >= 15 is 0 Å². The summed E-state index contributed by atoms with van der Waals surface area (Å²) in [7, 11) is 0. The number of nitrogens with zero attached hydrogens (tertiary/aromatic N) is 5. The molecule has 3 heterocycles. The number of aromatic nitrogens is 2. The van der Waals surface area contributed by atoms with Crippen LogP contribution >= 0.6 is 0 Å². The van der Waals surface area contributed by atoms with Gasteiger partial charge in [0.1, 0.15) is 5.76 Å². The Balaban J connectivity index is 1.52. The van der Waals surface area contributed by atoms with E-state index in [0.717, 1.165) is 25.4 Å². The summed E-state index contributed by atoms with van der Waals surface area (Å²) in [5.74, 6) is 0.507. The molecule has 1 amide bonds. The number of hydrogen-bond donors (Lipinski definition) is 0. The van der Waals surface area contributed by atoms with Crippen molar-refractivity contribution in [1.82, 2.24) is 19.6 Å². The molecular weight excluding hydrogens is 338 g/mol. The van der Waals surface area contributed by atoms with Crippen molar-refractivity contribution in [2.75, 3.05) is 26.2 Å². The molecule has 2 aromatic heterocycles. The van der Waals surface area contributed by atoms with Crippen LogP contribution in [0.3, 0.4) is 0 Å². The normalized spacial score (nSPS) is 16.6. The highest BCUT2D eigenvalue weighted by Gasteiger charge is 2.27. The largest absolute Gasteiger partial charge is 0.468 e. The molecule has 0 N–H and O–H groups in total. The predicted octanol–water partition coefficient (Wildman–Crippen LogP) is 1.67. The van der Waals surface area contributed by atoms with E-state index in [1.807, 2.05) is 24.0 Å². The number of furan rings is 1. The molecule has 9 nitrogen and oxygen atoms in total. The first kappa shape index (κ1) is 18.1. The van der Waals surface area contributed by atoms with Crippen molar-refractivity contribution >= 4 is 11.7 Å². The fourth-order valence-electron chi connectivity index (χ4n) is 3.17. The maximum atomic E-state index is 12.7. The molecule has 0 radical (unpaired) electrons. The molecule has 140 valence electrons. The van der Waals surface area contributed by atoms with E-state index in [1.54, 1.807) is 13.2 Å². The zero-order chi connectivity index (χ0) is 18.7. The summed E-state index contributed by atoms with van der Waals surface area (Å²) in [6, 6.07) is 5.24. The Bertz CT molecular complexity index is 762. The smallest absolute Gasteiger partial charge is 0.390 e. The van der Waals surface area contributed by atoms with E-state index < -0.39 is 4.92 Å². The topological polar surface area (TPSA) is 97.6 Å².